The molecule has 2 aromatic rings. The van der Waals surface area contributed by atoms with Crippen molar-refractivity contribution in [2.24, 2.45) is 0 Å². The molecule has 2 bridgehead atoms. The zero-order chi connectivity index (χ0) is 22.3. The first-order valence-corrected chi connectivity index (χ1v) is 10.2. The molecule has 0 spiro atoms. The Hall–Kier alpha value is -2.68. The van der Waals surface area contributed by atoms with Gasteiger partial charge in [0.1, 0.15) is 11.8 Å². The van der Waals surface area contributed by atoms with E-state index in [9.17, 15) is 27.9 Å². The summed E-state index contributed by atoms with van der Waals surface area (Å²) in [4.78, 5) is 37.1. The number of fused-ring (bicyclic) bond motifs is 4. The van der Waals surface area contributed by atoms with Crippen molar-refractivity contribution in [2.75, 3.05) is 11.9 Å². The van der Waals surface area contributed by atoms with E-state index < -0.39 is 40.6 Å². The summed E-state index contributed by atoms with van der Waals surface area (Å²) in [6.07, 6.45) is -0.825. The quantitative estimate of drug-likeness (QED) is 0.358. The van der Waals surface area contributed by atoms with E-state index in [1.807, 2.05) is 0 Å². The van der Waals surface area contributed by atoms with Crippen LogP contribution in [0.15, 0.2) is 48.5 Å². The average molecular weight is 471 g/mol. The van der Waals surface area contributed by atoms with E-state index in [1.54, 1.807) is 30.3 Å². The number of hydrogen-bond acceptors (Lipinski definition) is 8. The molecular formula is C18H14N3NaO9S. The first-order valence-electron chi connectivity index (χ1n) is 8.79. The van der Waals surface area contributed by atoms with E-state index in [2.05, 4.69) is 9.60 Å². The maximum Gasteiger partial charge on any atom is 1.00 e. The fourth-order valence-corrected chi connectivity index (χ4v) is 3.94. The number of hydroxylamine groups is 2. The Labute approximate surface area is 203 Å². The molecule has 3 amide bonds. The minimum atomic E-state index is -5.06. The predicted molar refractivity (Wildman–Crippen MR) is 99.6 cm³/mol. The Balaban J connectivity index is 0.00000289. The normalized spacial score (nSPS) is 19.1. The van der Waals surface area contributed by atoms with E-state index in [-0.39, 0.29) is 53.0 Å². The van der Waals surface area contributed by atoms with E-state index in [1.165, 1.54) is 18.2 Å². The smallest absolute Gasteiger partial charge is 0.548 e. The Bertz CT molecular complexity index is 1180. The molecule has 2 atom stereocenters. The Kier molecular flexibility index (Phi) is 6.78. The van der Waals surface area contributed by atoms with Gasteiger partial charge in [-0.15, -0.1) is 4.28 Å². The SMILES string of the molecule is O=C(Nc1ccccc1)Oc1ccc2c(c1)[C@@H]1CN(C(=O)N1OS(=O)(=O)O)[C@H]2C(=O)[O-].[Na+]. The average Bonchev–Trinajstić information content (AvgIpc) is 2.94. The van der Waals surface area contributed by atoms with Crippen LogP contribution in [0.25, 0.3) is 0 Å². The second-order valence-electron chi connectivity index (χ2n) is 6.67. The van der Waals surface area contributed by atoms with Gasteiger partial charge in [-0.25, -0.2) is 9.59 Å². The molecule has 2 aliphatic rings. The Morgan fingerprint density at radius 1 is 1.12 bits per heavy atom. The Morgan fingerprint density at radius 2 is 1.81 bits per heavy atom. The standard InChI is InChI=1S/C18H15N3O9S.Na/c22-16(23)15-12-7-6-11(29-17(24)19-10-4-2-1-3-5-10)8-13(12)14-9-20(15)18(25)21(14)30-31(26,27)28;/h1-8,14-15H,9H2,(H,19,24)(H,22,23)(H,26,27,28);/q;+1/p-1/t14-,15+;/m0./s1. The van der Waals surface area contributed by atoms with Crippen molar-refractivity contribution in [3.8, 4) is 5.75 Å². The molecule has 1 saturated heterocycles. The number of urea groups is 1. The minimum Gasteiger partial charge on any atom is -0.548 e. The largest absolute Gasteiger partial charge is 1.00 e. The molecule has 2 aliphatic heterocycles. The molecule has 4 rings (SSSR count). The van der Waals surface area contributed by atoms with Gasteiger partial charge < -0.3 is 19.5 Å². The third kappa shape index (κ3) is 4.72. The van der Waals surface area contributed by atoms with E-state index >= 15 is 0 Å². The Morgan fingerprint density at radius 3 is 2.44 bits per heavy atom. The number of carboxylic acids is 1. The monoisotopic (exact) mass is 471 g/mol. The van der Waals surface area contributed by atoms with Gasteiger partial charge in [0.15, 0.2) is 0 Å². The van der Waals surface area contributed by atoms with E-state index in [0.717, 1.165) is 4.90 Å². The fourth-order valence-electron chi connectivity index (χ4n) is 3.57. The molecule has 162 valence electrons. The second-order valence-corrected chi connectivity index (χ2v) is 7.68. The predicted octanol–water partition coefficient (Wildman–Crippen LogP) is -2.38. The first-order chi connectivity index (χ1) is 14.6. The van der Waals surface area contributed by atoms with Gasteiger partial charge in [-0.1, -0.05) is 24.3 Å². The van der Waals surface area contributed by atoms with Gasteiger partial charge in [0.2, 0.25) is 0 Å². The zero-order valence-corrected chi connectivity index (χ0v) is 19.3. The number of nitrogens with zero attached hydrogens (tertiary/aromatic N) is 2. The van der Waals surface area contributed by atoms with Crippen molar-refractivity contribution in [1.82, 2.24) is 9.96 Å². The van der Waals surface area contributed by atoms with Gasteiger partial charge in [0.05, 0.1) is 18.6 Å². The molecule has 0 unspecified atom stereocenters. The number of aliphatic carboxylic acids is 1. The molecule has 2 aromatic carbocycles. The van der Waals surface area contributed by atoms with Crippen molar-refractivity contribution in [1.29, 1.82) is 0 Å². The second kappa shape index (κ2) is 9.05. The molecule has 14 heteroatoms. The summed E-state index contributed by atoms with van der Waals surface area (Å²) in [5.41, 5.74) is 0.763. The van der Waals surface area contributed by atoms with Crippen molar-refractivity contribution in [3.63, 3.8) is 0 Å². The molecular weight excluding hydrogens is 457 g/mol. The number of rotatable bonds is 5. The number of carbonyl (C=O) groups excluding carboxylic acids is 3. The van der Waals surface area contributed by atoms with Gasteiger partial charge >= 0.3 is 52.1 Å². The summed E-state index contributed by atoms with van der Waals surface area (Å²) >= 11 is 0. The van der Waals surface area contributed by atoms with Crippen LogP contribution in [-0.4, -0.2) is 47.6 Å². The molecule has 1 fully saturated rings. The summed E-state index contributed by atoms with van der Waals surface area (Å²) in [5, 5.41) is 14.5. The van der Waals surface area contributed by atoms with Crippen LogP contribution in [0.4, 0.5) is 15.3 Å². The number of amides is 3. The number of ether oxygens (including phenoxy) is 1. The zero-order valence-electron chi connectivity index (χ0n) is 16.5. The molecule has 0 aromatic heterocycles. The summed E-state index contributed by atoms with van der Waals surface area (Å²) in [7, 11) is -5.06. The van der Waals surface area contributed by atoms with Gasteiger partial charge in [-0.2, -0.15) is 13.5 Å². The van der Waals surface area contributed by atoms with Crippen LogP contribution in [0.1, 0.15) is 23.2 Å². The van der Waals surface area contributed by atoms with Gasteiger partial charge in [-0.3, -0.25) is 9.87 Å². The summed E-state index contributed by atoms with van der Waals surface area (Å²) in [6.45, 7) is -0.250. The van der Waals surface area contributed by atoms with Crippen molar-refractivity contribution >= 4 is 34.2 Å². The van der Waals surface area contributed by atoms with Crippen LogP contribution in [0.3, 0.4) is 0 Å². The molecule has 32 heavy (non-hydrogen) atoms. The molecule has 2 N–H and O–H groups in total. The third-order valence-corrected chi connectivity index (χ3v) is 5.09. The number of benzene rings is 2. The number of carboxylic acid groups (broad SMARTS) is 1. The third-order valence-electron chi connectivity index (χ3n) is 4.74. The molecule has 12 nitrogen and oxygen atoms in total. The summed E-state index contributed by atoms with van der Waals surface area (Å²) in [6, 6.07) is 8.70. The van der Waals surface area contributed by atoms with E-state index in [4.69, 9.17) is 9.29 Å². The van der Waals surface area contributed by atoms with Crippen molar-refractivity contribution in [3.05, 3.63) is 59.7 Å². The maximum absolute atomic E-state index is 12.5. The number of carbonyl (C=O) groups is 3. The maximum atomic E-state index is 12.5. The van der Waals surface area contributed by atoms with Crippen molar-refractivity contribution < 1.29 is 71.0 Å². The van der Waals surface area contributed by atoms with Gasteiger partial charge in [0.25, 0.3) is 0 Å². The number of para-hydroxylation sites is 1. The van der Waals surface area contributed by atoms with Crippen molar-refractivity contribution in [2.45, 2.75) is 12.1 Å². The van der Waals surface area contributed by atoms with Gasteiger partial charge in [0, 0.05) is 5.69 Å². The number of hydrogen-bond donors (Lipinski definition) is 2. The molecule has 0 saturated carbocycles. The number of nitrogens with one attached hydrogen (secondary N) is 1. The van der Waals surface area contributed by atoms with Crippen LogP contribution in [0.5, 0.6) is 5.75 Å². The number of anilines is 1. The summed E-state index contributed by atoms with van der Waals surface area (Å²) < 4.78 is 40.8. The summed E-state index contributed by atoms with van der Waals surface area (Å²) in [5.74, 6) is -1.60. The van der Waals surface area contributed by atoms with Crippen LogP contribution >= 0.6 is 0 Å². The first kappa shape index (κ1) is 24.0. The molecule has 2 heterocycles. The van der Waals surface area contributed by atoms with Crippen LogP contribution in [0.2, 0.25) is 0 Å². The fraction of sp³-hybridized carbons (Fsp3) is 0.167. The topological polar surface area (TPSA) is 166 Å². The molecule has 0 radical (unpaired) electrons. The van der Waals surface area contributed by atoms with E-state index in [0.29, 0.717) is 10.8 Å². The minimum absolute atomic E-state index is 0. The van der Waals surface area contributed by atoms with Gasteiger partial charge in [-0.05, 0) is 35.4 Å². The van der Waals surface area contributed by atoms with Crippen LogP contribution < -0.4 is 44.7 Å². The molecule has 0 aliphatic carbocycles. The van der Waals surface area contributed by atoms with Crippen LogP contribution in [0, 0.1) is 0 Å². The van der Waals surface area contributed by atoms with Crippen LogP contribution in [-0.2, 0) is 19.5 Å².